The molecule has 1 amide bonds. The number of ether oxygens (including phenoxy) is 1. The predicted octanol–water partition coefficient (Wildman–Crippen LogP) is 4.11. The second-order valence-corrected chi connectivity index (χ2v) is 7.06. The summed E-state index contributed by atoms with van der Waals surface area (Å²) in [5, 5.41) is 2.41. The lowest BCUT2D eigenvalue weighted by Gasteiger charge is -2.10. The van der Waals surface area contributed by atoms with Crippen LogP contribution in [0.5, 0.6) is 5.75 Å². The van der Waals surface area contributed by atoms with E-state index in [1.54, 1.807) is 30.6 Å². The molecule has 8 nitrogen and oxygen atoms in total. The number of carbonyl (C=O) groups excluding carboxylic acids is 1. The Morgan fingerprint density at radius 3 is 2.80 bits per heavy atom. The topological polar surface area (TPSA) is 94.8 Å². The molecule has 0 aliphatic heterocycles. The van der Waals surface area contributed by atoms with Gasteiger partial charge in [0.2, 0.25) is 0 Å². The van der Waals surface area contributed by atoms with Gasteiger partial charge in [0.05, 0.1) is 29.3 Å². The minimum absolute atomic E-state index is 0.0642. The van der Waals surface area contributed by atoms with E-state index < -0.39 is 18.7 Å². The second-order valence-electron chi connectivity index (χ2n) is 6.17. The number of fused-ring (bicyclic) bond motifs is 1. The minimum Gasteiger partial charge on any atom is -0.406 e. The number of alkyl halides is 3. The summed E-state index contributed by atoms with van der Waals surface area (Å²) in [6, 6.07) is 3.10. The van der Waals surface area contributed by atoms with Crippen LogP contribution in [0, 0.1) is 6.92 Å². The first-order chi connectivity index (χ1) is 14.3. The number of nitrogens with one attached hydrogen (secondary N) is 1. The summed E-state index contributed by atoms with van der Waals surface area (Å²) < 4.78 is 44.9. The van der Waals surface area contributed by atoms with Gasteiger partial charge in [-0.1, -0.05) is 0 Å². The standard InChI is InChI=1S/C18H13F3N6O2S/c1-10-13(8-24-15(25-10)16-23-5-6-30-16)29-17(28)26-27-9-11(7-18(19,20)21)14-12(27)3-2-4-22-14/h2-6,8-9H,7H2,1H3,(H,26,28). The zero-order valence-corrected chi connectivity index (χ0v) is 16.2. The molecule has 4 aromatic heterocycles. The minimum atomic E-state index is -4.41. The van der Waals surface area contributed by atoms with Crippen LogP contribution >= 0.6 is 11.3 Å². The van der Waals surface area contributed by atoms with Gasteiger partial charge < -0.3 is 4.74 Å². The van der Waals surface area contributed by atoms with Crippen molar-refractivity contribution in [1.29, 1.82) is 0 Å². The number of hydrogen-bond donors (Lipinski definition) is 1. The van der Waals surface area contributed by atoms with Gasteiger partial charge in [-0.2, -0.15) is 13.2 Å². The first kappa shape index (κ1) is 19.8. The normalized spacial score (nSPS) is 11.6. The number of aryl methyl sites for hydroxylation is 1. The molecule has 154 valence electrons. The van der Waals surface area contributed by atoms with Gasteiger partial charge in [0.1, 0.15) is 0 Å². The Balaban J connectivity index is 1.54. The van der Waals surface area contributed by atoms with Crippen molar-refractivity contribution < 1.29 is 22.7 Å². The van der Waals surface area contributed by atoms with Crippen molar-refractivity contribution in [1.82, 2.24) is 24.6 Å². The van der Waals surface area contributed by atoms with Crippen LogP contribution in [0.3, 0.4) is 0 Å². The van der Waals surface area contributed by atoms with Gasteiger partial charge >= 0.3 is 12.3 Å². The molecule has 0 aliphatic rings. The third-order valence-electron chi connectivity index (χ3n) is 4.00. The number of halogens is 3. The van der Waals surface area contributed by atoms with Gasteiger partial charge in [0, 0.05) is 29.5 Å². The van der Waals surface area contributed by atoms with Crippen molar-refractivity contribution in [3.05, 3.63) is 53.6 Å². The van der Waals surface area contributed by atoms with Gasteiger partial charge in [-0.25, -0.2) is 25.2 Å². The van der Waals surface area contributed by atoms with Gasteiger partial charge in [-0.15, -0.1) is 11.3 Å². The monoisotopic (exact) mass is 434 g/mol. The maximum Gasteiger partial charge on any atom is 0.432 e. The lowest BCUT2D eigenvalue weighted by atomic mass is 10.2. The average Bonchev–Trinajstić information content (AvgIpc) is 3.32. The molecule has 0 saturated carbocycles. The van der Waals surface area contributed by atoms with E-state index in [0.717, 1.165) is 4.68 Å². The number of amides is 1. The molecule has 0 aliphatic carbocycles. The van der Waals surface area contributed by atoms with E-state index in [-0.39, 0.29) is 16.8 Å². The fraction of sp³-hybridized carbons (Fsp3) is 0.167. The molecule has 0 saturated heterocycles. The second kappa shape index (κ2) is 7.71. The third kappa shape index (κ3) is 4.22. The highest BCUT2D eigenvalue weighted by Gasteiger charge is 2.30. The van der Waals surface area contributed by atoms with E-state index in [2.05, 4.69) is 25.4 Å². The molecular formula is C18H13F3N6O2S. The molecule has 0 fully saturated rings. The van der Waals surface area contributed by atoms with Crippen LogP contribution in [0.1, 0.15) is 11.3 Å². The molecule has 0 spiro atoms. The molecule has 4 heterocycles. The Labute approximate surface area is 171 Å². The fourth-order valence-corrected chi connectivity index (χ4v) is 3.35. The van der Waals surface area contributed by atoms with Crippen LogP contribution in [0.4, 0.5) is 18.0 Å². The van der Waals surface area contributed by atoms with Crippen molar-refractivity contribution in [2.75, 3.05) is 5.43 Å². The van der Waals surface area contributed by atoms with E-state index in [9.17, 15) is 18.0 Å². The van der Waals surface area contributed by atoms with Gasteiger partial charge in [0.15, 0.2) is 16.6 Å². The largest absolute Gasteiger partial charge is 0.432 e. The molecule has 0 aromatic carbocycles. The highest BCUT2D eigenvalue weighted by atomic mass is 32.1. The van der Waals surface area contributed by atoms with Crippen LogP contribution < -0.4 is 10.2 Å². The molecule has 0 unspecified atom stereocenters. The first-order valence-corrected chi connectivity index (χ1v) is 9.42. The van der Waals surface area contributed by atoms with Gasteiger partial charge in [0.25, 0.3) is 0 Å². The molecule has 12 heteroatoms. The lowest BCUT2D eigenvalue weighted by Crippen LogP contribution is -2.25. The van der Waals surface area contributed by atoms with Crippen LogP contribution in [0.2, 0.25) is 0 Å². The van der Waals surface area contributed by atoms with Crippen LogP contribution in [-0.4, -0.2) is 36.9 Å². The lowest BCUT2D eigenvalue weighted by molar-refractivity contribution is -0.127. The number of rotatable bonds is 4. The molecule has 0 atom stereocenters. The molecular weight excluding hydrogens is 421 g/mol. The molecule has 4 aromatic rings. The number of pyridine rings is 1. The number of nitrogens with zero attached hydrogens (tertiary/aromatic N) is 5. The summed E-state index contributed by atoms with van der Waals surface area (Å²) in [6.45, 7) is 1.64. The van der Waals surface area contributed by atoms with Crippen LogP contribution in [0.25, 0.3) is 21.9 Å². The summed E-state index contributed by atoms with van der Waals surface area (Å²) in [5.74, 6) is 0.507. The Morgan fingerprint density at radius 1 is 1.27 bits per heavy atom. The maximum atomic E-state index is 12.8. The Bertz CT molecular complexity index is 1210. The molecule has 0 bridgehead atoms. The summed E-state index contributed by atoms with van der Waals surface area (Å²) in [5.41, 5.74) is 3.18. The van der Waals surface area contributed by atoms with E-state index in [0.29, 0.717) is 22.0 Å². The molecule has 4 rings (SSSR count). The zero-order chi connectivity index (χ0) is 21.3. The first-order valence-electron chi connectivity index (χ1n) is 8.54. The molecule has 30 heavy (non-hydrogen) atoms. The number of aromatic nitrogens is 5. The average molecular weight is 434 g/mol. The van der Waals surface area contributed by atoms with Crippen molar-refractivity contribution >= 4 is 28.5 Å². The van der Waals surface area contributed by atoms with Gasteiger partial charge in [-0.3, -0.25) is 9.66 Å². The Kier molecular flexibility index (Phi) is 5.08. The van der Waals surface area contributed by atoms with Crippen molar-refractivity contribution in [2.45, 2.75) is 19.5 Å². The van der Waals surface area contributed by atoms with Gasteiger partial charge in [-0.05, 0) is 19.1 Å². The van der Waals surface area contributed by atoms with Crippen molar-refractivity contribution in [3.63, 3.8) is 0 Å². The fourth-order valence-electron chi connectivity index (χ4n) is 2.78. The zero-order valence-electron chi connectivity index (χ0n) is 15.3. The smallest absolute Gasteiger partial charge is 0.406 e. The number of thiazole rings is 1. The number of hydrogen-bond acceptors (Lipinski definition) is 7. The summed E-state index contributed by atoms with van der Waals surface area (Å²) >= 11 is 1.37. The Hall–Kier alpha value is -3.54. The van der Waals surface area contributed by atoms with Crippen molar-refractivity contribution in [3.8, 4) is 16.6 Å². The number of carbonyl (C=O) groups is 1. The maximum absolute atomic E-state index is 12.8. The highest BCUT2D eigenvalue weighted by molar-refractivity contribution is 7.12. The molecule has 1 N–H and O–H groups in total. The SMILES string of the molecule is Cc1nc(-c2nccs2)ncc1OC(=O)Nn1cc(CC(F)(F)F)c2ncccc21. The van der Waals surface area contributed by atoms with E-state index in [4.69, 9.17) is 4.74 Å². The highest BCUT2D eigenvalue weighted by Crippen LogP contribution is 2.27. The summed E-state index contributed by atoms with van der Waals surface area (Å²) in [4.78, 5) is 28.8. The van der Waals surface area contributed by atoms with E-state index >= 15 is 0 Å². The van der Waals surface area contributed by atoms with Crippen molar-refractivity contribution in [2.24, 2.45) is 0 Å². The predicted molar refractivity (Wildman–Crippen MR) is 103 cm³/mol. The van der Waals surface area contributed by atoms with Crippen LogP contribution in [-0.2, 0) is 6.42 Å². The molecule has 0 radical (unpaired) electrons. The third-order valence-corrected chi connectivity index (χ3v) is 4.77. The quantitative estimate of drug-likeness (QED) is 0.520. The Morgan fingerprint density at radius 2 is 2.10 bits per heavy atom. The summed E-state index contributed by atoms with van der Waals surface area (Å²) in [7, 11) is 0. The van der Waals surface area contributed by atoms with E-state index in [1.165, 1.54) is 29.9 Å². The summed E-state index contributed by atoms with van der Waals surface area (Å²) in [6.07, 6.45) is -0.983. The van der Waals surface area contributed by atoms with Crippen LogP contribution in [0.15, 0.2) is 42.3 Å². The van der Waals surface area contributed by atoms with E-state index in [1.807, 2.05) is 0 Å².